The second kappa shape index (κ2) is 7.45. The average Bonchev–Trinajstić information content (AvgIpc) is 2.64. The van der Waals surface area contributed by atoms with Crippen LogP contribution in [0.15, 0.2) is 60.7 Å². The Bertz CT molecular complexity index is 851. The van der Waals surface area contributed by atoms with Crippen LogP contribution in [0.4, 0.5) is 0 Å². The molecule has 0 aliphatic rings. The molecule has 134 valence electrons. The standard InChI is InChI=1S/C24H28N2/c1-15-9-11-17(3)21(13-15)23(25)19-7-5-6-8-20(19)24(26)22-14-16(2)10-12-18(22)4/h5-14,23-24H,25-26H2,1-4H3. The van der Waals surface area contributed by atoms with Gasteiger partial charge in [-0.25, -0.2) is 0 Å². The van der Waals surface area contributed by atoms with Gasteiger partial charge in [0, 0.05) is 0 Å². The second-order valence-corrected chi connectivity index (χ2v) is 7.30. The molecule has 3 aromatic rings. The van der Waals surface area contributed by atoms with Gasteiger partial charge in [-0.1, -0.05) is 71.8 Å². The summed E-state index contributed by atoms with van der Waals surface area (Å²) in [6, 6.07) is 20.8. The van der Waals surface area contributed by atoms with Crippen molar-refractivity contribution in [3.05, 3.63) is 105 Å². The van der Waals surface area contributed by atoms with Gasteiger partial charge in [0.25, 0.3) is 0 Å². The smallest absolute Gasteiger partial charge is 0.0557 e. The highest BCUT2D eigenvalue weighted by molar-refractivity contribution is 5.47. The van der Waals surface area contributed by atoms with Gasteiger partial charge in [-0.3, -0.25) is 0 Å². The average molecular weight is 345 g/mol. The normalized spacial score (nSPS) is 13.5. The van der Waals surface area contributed by atoms with E-state index < -0.39 is 0 Å². The summed E-state index contributed by atoms with van der Waals surface area (Å²) in [5, 5.41) is 0. The Labute approximate surface area is 156 Å². The summed E-state index contributed by atoms with van der Waals surface area (Å²) in [5.41, 5.74) is 22.8. The molecular weight excluding hydrogens is 316 g/mol. The minimum Gasteiger partial charge on any atom is -0.320 e. The Morgan fingerprint density at radius 1 is 0.538 bits per heavy atom. The van der Waals surface area contributed by atoms with Crippen molar-refractivity contribution in [1.29, 1.82) is 0 Å². The minimum absolute atomic E-state index is 0.192. The summed E-state index contributed by atoms with van der Waals surface area (Å²) in [7, 11) is 0. The van der Waals surface area contributed by atoms with Gasteiger partial charge in [0.05, 0.1) is 12.1 Å². The molecule has 2 heteroatoms. The lowest BCUT2D eigenvalue weighted by atomic mass is 9.86. The van der Waals surface area contributed by atoms with Gasteiger partial charge in [0.15, 0.2) is 0 Å². The highest BCUT2D eigenvalue weighted by atomic mass is 14.7. The van der Waals surface area contributed by atoms with Crippen molar-refractivity contribution in [3.63, 3.8) is 0 Å². The van der Waals surface area contributed by atoms with E-state index in [9.17, 15) is 0 Å². The predicted octanol–water partition coefficient (Wildman–Crippen LogP) is 5.02. The molecule has 3 aromatic carbocycles. The van der Waals surface area contributed by atoms with E-state index in [1.54, 1.807) is 0 Å². The van der Waals surface area contributed by atoms with Crippen molar-refractivity contribution in [2.24, 2.45) is 11.5 Å². The summed E-state index contributed by atoms with van der Waals surface area (Å²) in [5.74, 6) is 0. The Hall–Kier alpha value is -2.42. The molecule has 0 saturated carbocycles. The van der Waals surface area contributed by atoms with E-state index in [1.165, 1.54) is 22.3 Å². The van der Waals surface area contributed by atoms with E-state index in [4.69, 9.17) is 11.5 Å². The van der Waals surface area contributed by atoms with Crippen molar-refractivity contribution in [1.82, 2.24) is 0 Å². The molecule has 0 bridgehead atoms. The Kier molecular flexibility index (Phi) is 5.26. The van der Waals surface area contributed by atoms with Crippen LogP contribution in [0.3, 0.4) is 0 Å². The van der Waals surface area contributed by atoms with Gasteiger partial charge in [-0.05, 0) is 61.1 Å². The van der Waals surface area contributed by atoms with Crippen molar-refractivity contribution >= 4 is 0 Å². The van der Waals surface area contributed by atoms with Crippen LogP contribution in [0.2, 0.25) is 0 Å². The van der Waals surface area contributed by atoms with Gasteiger partial charge in [-0.15, -0.1) is 0 Å². The van der Waals surface area contributed by atoms with Crippen molar-refractivity contribution in [3.8, 4) is 0 Å². The molecule has 0 aliphatic heterocycles. The van der Waals surface area contributed by atoms with Gasteiger partial charge >= 0.3 is 0 Å². The lowest BCUT2D eigenvalue weighted by Crippen LogP contribution is -2.21. The molecule has 26 heavy (non-hydrogen) atoms. The predicted molar refractivity (Wildman–Crippen MR) is 110 cm³/mol. The zero-order valence-electron chi connectivity index (χ0n) is 16.1. The molecule has 2 atom stereocenters. The topological polar surface area (TPSA) is 52.0 Å². The van der Waals surface area contributed by atoms with E-state index in [0.29, 0.717) is 0 Å². The van der Waals surface area contributed by atoms with E-state index in [1.807, 2.05) is 12.1 Å². The van der Waals surface area contributed by atoms with E-state index in [-0.39, 0.29) is 12.1 Å². The van der Waals surface area contributed by atoms with Crippen LogP contribution in [0.25, 0.3) is 0 Å². The fraction of sp³-hybridized carbons (Fsp3) is 0.250. The highest BCUT2D eigenvalue weighted by Gasteiger charge is 2.20. The molecule has 0 aliphatic carbocycles. The molecule has 0 fully saturated rings. The van der Waals surface area contributed by atoms with E-state index >= 15 is 0 Å². The molecule has 3 rings (SSSR count). The molecule has 0 radical (unpaired) electrons. The fourth-order valence-corrected chi connectivity index (χ4v) is 3.60. The molecular formula is C24H28N2. The summed E-state index contributed by atoms with van der Waals surface area (Å²) >= 11 is 0. The highest BCUT2D eigenvalue weighted by Crippen LogP contribution is 2.32. The third kappa shape index (κ3) is 3.57. The van der Waals surface area contributed by atoms with Gasteiger partial charge in [-0.2, -0.15) is 0 Å². The lowest BCUT2D eigenvalue weighted by molar-refractivity contribution is 0.789. The van der Waals surface area contributed by atoms with Crippen LogP contribution in [0.1, 0.15) is 56.6 Å². The molecule has 0 saturated heterocycles. The largest absolute Gasteiger partial charge is 0.320 e. The quantitative estimate of drug-likeness (QED) is 0.698. The Balaban J connectivity index is 2.08. The SMILES string of the molecule is Cc1ccc(C)c(C(N)c2ccccc2C(N)c2cc(C)ccc2C)c1. The summed E-state index contributed by atoms with van der Waals surface area (Å²) in [6.45, 7) is 8.43. The van der Waals surface area contributed by atoms with Crippen molar-refractivity contribution in [2.45, 2.75) is 39.8 Å². The first-order chi connectivity index (χ1) is 12.4. The van der Waals surface area contributed by atoms with Crippen molar-refractivity contribution in [2.75, 3.05) is 0 Å². The fourth-order valence-electron chi connectivity index (χ4n) is 3.60. The van der Waals surface area contributed by atoms with E-state index in [2.05, 4.69) is 76.2 Å². The molecule has 0 spiro atoms. The van der Waals surface area contributed by atoms with Crippen molar-refractivity contribution < 1.29 is 0 Å². The zero-order chi connectivity index (χ0) is 18.8. The van der Waals surface area contributed by atoms with Crippen LogP contribution < -0.4 is 11.5 Å². The monoisotopic (exact) mass is 344 g/mol. The number of benzene rings is 3. The summed E-state index contributed by atoms with van der Waals surface area (Å²) < 4.78 is 0. The second-order valence-electron chi connectivity index (χ2n) is 7.30. The molecule has 0 aromatic heterocycles. The molecule has 4 N–H and O–H groups in total. The summed E-state index contributed by atoms with van der Waals surface area (Å²) in [6.07, 6.45) is 0. The van der Waals surface area contributed by atoms with Gasteiger partial charge in [0.2, 0.25) is 0 Å². The molecule has 0 heterocycles. The number of nitrogens with two attached hydrogens (primary N) is 2. The van der Waals surface area contributed by atoms with Gasteiger partial charge < -0.3 is 11.5 Å². The van der Waals surface area contributed by atoms with Crippen LogP contribution in [-0.2, 0) is 0 Å². The first-order valence-electron chi connectivity index (χ1n) is 9.12. The lowest BCUT2D eigenvalue weighted by Gasteiger charge is -2.24. The minimum atomic E-state index is -0.192. The number of hydrogen-bond acceptors (Lipinski definition) is 2. The van der Waals surface area contributed by atoms with Crippen LogP contribution in [-0.4, -0.2) is 0 Å². The molecule has 2 nitrogen and oxygen atoms in total. The van der Waals surface area contributed by atoms with Gasteiger partial charge in [0.1, 0.15) is 0 Å². The number of rotatable bonds is 4. The molecule has 2 unspecified atom stereocenters. The Morgan fingerprint density at radius 2 is 0.923 bits per heavy atom. The zero-order valence-corrected chi connectivity index (χ0v) is 16.1. The third-order valence-corrected chi connectivity index (χ3v) is 5.21. The molecule has 0 amide bonds. The van der Waals surface area contributed by atoms with E-state index in [0.717, 1.165) is 22.3 Å². The maximum absolute atomic E-state index is 6.72. The Morgan fingerprint density at radius 3 is 1.31 bits per heavy atom. The first kappa shape index (κ1) is 18.4. The number of hydrogen-bond donors (Lipinski definition) is 2. The van der Waals surface area contributed by atoms with Crippen LogP contribution >= 0.6 is 0 Å². The maximum Gasteiger partial charge on any atom is 0.0557 e. The third-order valence-electron chi connectivity index (χ3n) is 5.21. The first-order valence-corrected chi connectivity index (χ1v) is 9.12. The van der Waals surface area contributed by atoms with Crippen LogP contribution in [0, 0.1) is 27.7 Å². The summed E-state index contributed by atoms with van der Waals surface area (Å²) in [4.78, 5) is 0. The van der Waals surface area contributed by atoms with Crippen LogP contribution in [0.5, 0.6) is 0 Å². The maximum atomic E-state index is 6.72. The number of aryl methyl sites for hydroxylation is 4.